The molecular formula is C21H34O. The predicted molar refractivity (Wildman–Crippen MR) is 100 cm³/mol. The van der Waals surface area contributed by atoms with Gasteiger partial charge in [-0.15, -0.1) is 0 Å². The Bertz CT molecular complexity index is 345. The lowest BCUT2D eigenvalue weighted by atomic mass is 10.2. The third-order valence-corrected chi connectivity index (χ3v) is 3.19. The van der Waals surface area contributed by atoms with Crippen molar-refractivity contribution in [3.05, 3.63) is 60.8 Å². The molecule has 0 aromatic carbocycles. The van der Waals surface area contributed by atoms with Gasteiger partial charge in [-0.2, -0.15) is 0 Å². The van der Waals surface area contributed by atoms with E-state index in [1.807, 2.05) is 0 Å². The van der Waals surface area contributed by atoms with E-state index < -0.39 is 0 Å². The number of aliphatic hydroxyl groups excluding tert-OH is 1. The SMILES string of the molecule is CCC=CCC=CCC=CCC=CCC=CCCCCCO. The maximum absolute atomic E-state index is 8.66. The van der Waals surface area contributed by atoms with Crippen molar-refractivity contribution in [1.82, 2.24) is 0 Å². The Hall–Kier alpha value is -1.34. The molecule has 0 aromatic heterocycles. The van der Waals surface area contributed by atoms with Crippen LogP contribution in [0.3, 0.4) is 0 Å². The molecule has 0 saturated carbocycles. The molecule has 0 rings (SSSR count). The van der Waals surface area contributed by atoms with E-state index in [0.29, 0.717) is 6.61 Å². The third-order valence-electron chi connectivity index (χ3n) is 3.19. The summed E-state index contributed by atoms with van der Waals surface area (Å²) < 4.78 is 0. The number of hydrogen-bond donors (Lipinski definition) is 1. The lowest BCUT2D eigenvalue weighted by Gasteiger charge is -1.93. The van der Waals surface area contributed by atoms with Crippen LogP contribution < -0.4 is 0 Å². The van der Waals surface area contributed by atoms with Gasteiger partial charge in [-0.1, -0.05) is 74.1 Å². The van der Waals surface area contributed by atoms with Gasteiger partial charge in [0.1, 0.15) is 0 Å². The van der Waals surface area contributed by atoms with E-state index in [1.54, 1.807) is 0 Å². The summed E-state index contributed by atoms with van der Waals surface area (Å²) in [6.07, 6.45) is 31.9. The van der Waals surface area contributed by atoms with Crippen LogP contribution in [-0.2, 0) is 0 Å². The molecule has 22 heavy (non-hydrogen) atoms. The van der Waals surface area contributed by atoms with Gasteiger partial charge < -0.3 is 5.11 Å². The summed E-state index contributed by atoms with van der Waals surface area (Å²) in [6.45, 7) is 2.48. The monoisotopic (exact) mass is 302 g/mol. The number of allylic oxidation sites excluding steroid dienone is 10. The van der Waals surface area contributed by atoms with Crippen molar-refractivity contribution >= 4 is 0 Å². The van der Waals surface area contributed by atoms with Crippen LogP contribution >= 0.6 is 0 Å². The summed E-state index contributed by atoms with van der Waals surface area (Å²) in [4.78, 5) is 0. The molecule has 0 saturated heterocycles. The first-order chi connectivity index (χ1) is 10.9. The van der Waals surface area contributed by atoms with Gasteiger partial charge in [-0.05, 0) is 51.4 Å². The minimum absolute atomic E-state index is 0.325. The highest BCUT2D eigenvalue weighted by molar-refractivity contribution is 5.00. The molecule has 0 heterocycles. The Kier molecular flexibility index (Phi) is 18.5. The summed E-state index contributed by atoms with van der Waals surface area (Å²) >= 11 is 0. The quantitative estimate of drug-likeness (QED) is 0.295. The summed E-state index contributed by atoms with van der Waals surface area (Å²) in [7, 11) is 0. The van der Waals surface area contributed by atoms with E-state index in [1.165, 1.54) is 6.42 Å². The Morgan fingerprint density at radius 3 is 1.45 bits per heavy atom. The van der Waals surface area contributed by atoms with E-state index in [2.05, 4.69) is 67.7 Å². The molecule has 0 aliphatic carbocycles. The van der Waals surface area contributed by atoms with Gasteiger partial charge in [0.25, 0.3) is 0 Å². The molecule has 0 atom stereocenters. The van der Waals surface area contributed by atoms with Crippen molar-refractivity contribution in [3.63, 3.8) is 0 Å². The molecule has 0 fully saturated rings. The zero-order valence-electron chi connectivity index (χ0n) is 14.3. The summed E-state index contributed by atoms with van der Waals surface area (Å²) in [5, 5.41) is 8.66. The molecule has 124 valence electrons. The lowest BCUT2D eigenvalue weighted by Crippen LogP contribution is -1.81. The largest absolute Gasteiger partial charge is 0.396 e. The molecule has 0 aliphatic heterocycles. The molecule has 1 heteroatoms. The normalized spacial score (nSPS) is 13.0. The van der Waals surface area contributed by atoms with Crippen molar-refractivity contribution in [2.75, 3.05) is 6.61 Å². The Labute approximate surface area is 137 Å². The van der Waals surface area contributed by atoms with Crippen LogP contribution in [0.5, 0.6) is 0 Å². The van der Waals surface area contributed by atoms with E-state index in [4.69, 9.17) is 5.11 Å². The molecule has 0 spiro atoms. The third kappa shape index (κ3) is 18.7. The summed E-state index contributed by atoms with van der Waals surface area (Å²) in [6, 6.07) is 0. The zero-order chi connectivity index (χ0) is 16.1. The molecule has 0 aromatic rings. The van der Waals surface area contributed by atoms with E-state index in [-0.39, 0.29) is 0 Å². The standard InChI is InChI=1S/C21H34O/c1-2-3-4-5-6-7-8-9-10-11-12-13-14-15-16-17-18-19-20-21-22/h3-4,6-7,9-10,12-13,15-16,22H,2,5,8,11,14,17-21H2,1H3. The molecule has 0 bridgehead atoms. The Morgan fingerprint density at radius 1 is 0.545 bits per heavy atom. The van der Waals surface area contributed by atoms with Gasteiger partial charge in [0.2, 0.25) is 0 Å². The first-order valence-electron chi connectivity index (χ1n) is 8.77. The van der Waals surface area contributed by atoms with Crippen molar-refractivity contribution in [2.24, 2.45) is 0 Å². The van der Waals surface area contributed by atoms with Crippen LogP contribution in [0.4, 0.5) is 0 Å². The molecule has 1 N–H and O–H groups in total. The van der Waals surface area contributed by atoms with Gasteiger partial charge in [0.15, 0.2) is 0 Å². The topological polar surface area (TPSA) is 20.2 Å². The molecule has 0 aliphatic rings. The summed E-state index contributed by atoms with van der Waals surface area (Å²) in [5.41, 5.74) is 0. The van der Waals surface area contributed by atoms with Gasteiger partial charge in [-0.25, -0.2) is 0 Å². The first-order valence-corrected chi connectivity index (χ1v) is 8.77. The molecule has 1 nitrogen and oxygen atoms in total. The minimum Gasteiger partial charge on any atom is -0.396 e. The van der Waals surface area contributed by atoms with E-state index in [9.17, 15) is 0 Å². The van der Waals surface area contributed by atoms with Gasteiger partial charge in [0.05, 0.1) is 0 Å². The van der Waals surface area contributed by atoms with Crippen LogP contribution in [0.2, 0.25) is 0 Å². The number of rotatable bonds is 14. The maximum atomic E-state index is 8.66. The fourth-order valence-electron chi connectivity index (χ4n) is 1.92. The van der Waals surface area contributed by atoms with Crippen LogP contribution in [0.25, 0.3) is 0 Å². The average molecular weight is 303 g/mol. The number of hydrogen-bond acceptors (Lipinski definition) is 1. The minimum atomic E-state index is 0.325. The average Bonchev–Trinajstić information content (AvgIpc) is 2.54. The molecule has 0 amide bonds. The van der Waals surface area contributed by atoms with Gasteiger partial charge in [-0.3, -0.25) is 0 Å². The fraction of sp³-hybridized carbons (Fsp3) is 0.524. The summed E-state index contributed by atoms with van der Waals surface area (Å²) in [5.74, 6) is 0. The van der Waals surface area contributed by atoms with Crippen molar-refractivity contribution in [1.29, 1.82) is 0 Å². The predicted octanol–water partition coefficient (Wildman–Crippen LogP) is 6.29. The van der Waals surface area contributed by atoms with Crippen molar-refractivity contribution in [3.8, 4) is 0 Å². The van der Waals surface area contributed by atoms with Crippen molar-refractivity contribution in [2.45, 2.75) is 64.7 Å². The Morgan fingerprint density at radius 2 is 1.00 bits per heavy atom. The van der Waals surface area contributed by atoms with Gasteiger partial charge in [0, 0.05) is 6.61 Å². The van der Waals surface area contributed by atoms with Gasteiger partial charge >= 0.3 is 0 Å². The molecular weight excluding hydrogens is 268 g/mol. The van der Waals surface area contributed by atoms with Crippen molar-refractivity contribution < 1.29 is 5.11 Å². The van der Waals surface area contributed by atoms with Crippen LogP contribution in [0, 0.1) is 0 Å². The smallest absolute Gasteiger partial charge is 0.0431 e. The van der Waals surface area contributed by atoms with Crippen LogP contribution in [-0.4, -0.2) is 11.7 Å². The first kappa shape index (κ1) is 20.7. The van der Waals surface area contributed by atoms with E-state index >= 15 is 0 Å². The second-order valence-electron chi connectivity index (χ2n) is 5.28. The van der Waals surface area contributed by atoms with Crippen LogP contribution in [0.15, 0.2) is 60.8 Å². The Balaban J connectivity index is 3.40. The second kappa shape index (κ2) is 19.7. The second-order valence-corrected chi connectivity index (χ2v) is 5.28. The highest BCUT2D eigenvalue weighted by Crippen LogP contribution is 2.01. The molecule has 0 radical (unpaired) electrons. The molecule has 0 unspecified atom stereocenters. The van der Waals surface area contributed by atoms with E-state index in [0.717, 1.165) is 51.4 Å². The maximum Gasteiger partial charge on any atom is 0.0431 e. The number of unbranched alkanes of at least 4 members (excludes halogenated alkanes) is 3. The van der Waals surface area contributed by atoms with Crippen LogP contribution in [0.1, 0.15) is 64.7 Å². The fourth-order valence-corrected chi connectivity index (χ4v) is 1.92. The highest BCUT2D eigenvalue weighted by Gasteiger charge is 1.84. The zero-order valence-corrected chi connectivity index (χ0v) is 14.3. The highest BCUT2D eigenvalue weighted by atomic mass is 16.2. The lowest BCUT2D eigenvalue weighted by molar-refractivity contribution is 0.283. The number of aliphatic hydroxyl groups is 1.